The number of hydrogen-bond donors (Lipinski definition) is 1. The van der Waals surface area contributed by atoms with Crippen molar-refractivity contribution in [3.8, 4) is 0 Å². The van der Waals surface area contributed by atoms with Gasteiger partial charge in [0.2, 0.25) is 0 Å². The number of nitrogens with zero attached hydrogens (tertiary/aromatic N) is 2. The molecule has 1 N–H and O–H groups in total. The second-order valence-electron chi connectivity index (χ2n) is 3.83. The smallest absolute Gasteiger partial charge is 0.141 e. The first-order valence-corrected chi connectivity index (χ1v) is 6.37. The molecule has 2 aromatic rings. The first kappa shape index (κ1) is 11.5. The summed E-state index contributed by atoms with van der Waals surface area (Å²) in [5, 5.41) is 3.38. The minimum Gasteiger partial charge on any atom is -0.370 e. The number of halogens is 1. The van der Waals surface area contributed by atoms with Crippen molar-refractivity contribution in [3.63, 3.8) is 0 Å². The van der Waals surface area contributed by atoms with Gasteiger partial charge in [0.25, 0.3) is 0 Å². The Bertz CT molecular complexity index is 516. The van der Waals surface area contributed by atoms with Crippen LogP contribution in [0.2, 0.25) is 0 Å². The number of nitrogens with one attached hydrogen (secondary N) is 1. The minimum atomic E-state index is 0.909. The predicted molar refractivity (Wildman–Crippen MR) is 71.2 cm³/mol. The highest BCUT2D eigenvalue weighted by Crippen LogP contribution is 2.24. The fourth-order valence-electron chi connectivity index (χ4n) is 1.92. The maximum atomic E-state index is 4.67. The van der Waals surface area contributed by atoms with Crippen molar-refractivity contribution in [3.05, 3.63) is 28.0 Å². The summed E-state index contributed by atoms with van der Waals surface area (Å²) in [7, 11) is 0. The van der Waals surface area contributed by atoms with E-state index in [1.54, 1.807) is 0 Å². The van der Waals surface area contributed by atoms with E-state index in [2.05, 4.69) is 63.7 Å². The molecule has 0 saturated heterocycles. The van der Waals surface area contributed by atoms with E-state index in [4.69, 9.17) is 0 Å². The van der Waals surface area contributed by atoms with Crippen LogP contribution in [0.3, 0.4) is 0 Å². The van der Waals surface area contributed by atoms with Crippen LogP contribution in [0.5, 0.6) is 0 Å². The van der Waals surface area contributed by atoms with Gasteiger partial charge in [-0.2, -0.15) is 0 Å². The number of aryl methyl sites for hydroxylation is 2. The molecule has 0 amide bonds. The van der Waals surface area contributed by atoms with E-state index in [0.29, 0.717) is 0 Å². The average molecular weight is 282 g/mol. The molecule has 16 heavy (non-hydrogen) atoms. The highest BCUT2D eigenvalue weighted by molar-refractivity contribution is 9.10. The lowest BCUT2D eigenvalue weighted by molar-refractivity contribution is 1.05. The van der Waals surface area contributed by atoms with E-state index in [1.807, 2.05) is 0 Å². The van der Waals surface area contributed by atoms with Gasteiger partial charge in [-0.15, -0.1) is 0 Å². The number of hydrogen-bond acceptors (Lipinski definition) is 2. The van der Waals surface area contributed by atoms with Crippen LogP contribution in [0.25, 0.3) is 5.65 Å². The van der Waals surface area contributed by atoms with Gasteiger partial charge in [0.1, 0.15) is 11.5 Å². The topological polar surface area (TPSA) is 29.3 Å². The van der Waals surface area contributed by atoms with E-state index >= 15 is 0 Å². The summed E-state index contributed by atoms with van der Waals surface area (Å²) in [4.78, 5) is 4.67. The van der Waals surface area contributed by atoms with Crippen LogP contribution < -0.4 is 5.32 Å². The fraction of sp³-hybridized carbons (Fsp3) is 0.417. The molecule has 0 spiro atoms. The summed E-state index contributed by atoms with van der Waals surface area (Å²) >= 11 is 3.52. The van der Waals surface area contributed by atoms with Crippen molar-refractivity contribution in [2.75, 3.05) is 11.9 Å². The zero-order valence-electron chi connectivity index (χ0n) is 9.84. The predicted octanol–water partition coefficient (Wildman–Crippen LogP) is 3.40. The van der Waals surface area contributed by atoms with Crippen LogP contribution in [0.4, 0.5) is 5.82 Å². The molecule has 0 atom stereocenters. The maximum absolute atomic E-state index is 4.67. The third kappa shape index (κ3) is 1.82. The van der Waals surface area contributed by atoms with Gasteiger partial charge in [0.15, 0.2) is 0 Å². The quantitative estimate of drug-likeness (QED) is 0.935. The van der Waals surface area contributed by atoms with Crippen LogP contribution in [0.1, 0.15) is 25.1 Å². The Labute approximate surface area is 104 Å². The van der Waals surface area contributed by atoms with Gasteiger partial charge in [-0.05, 0) is 47.8 Å². The molecule has 0 fully saturated rings. The van der Waals surface area contributed by atoms with Gasteiger partial charge in [-0.1, -0.05) is 6.92 Å². The molecule has 86 valence electrons. The van der Waals surface area contributed by atoms with Gasteiger partial charge < -0.3 is 5.32 Å². The number of aromatic nitrogens is 2. The largest absolute Gasteiger partial charge is 0.370 e. The average Bonchev–Trinajstić information content (AvgIpc) is 2.58. The van der Waals surface area contributed by atoms with Crippen molar-refractivity contribution in [2.24, 2.45) is 0 Å². The summed E-state index contributed by atoms with van der Waals surface area (Å²) in [6, 6.07) is 2.09. The molecule has 0 saturated carbocycles. The Morgan fingerprint density at radius 3 is 2.81 bits per heavy atom. The Hall–Kier alpha value is -1.03. The molecule has 4 heteroatoms. The lowest BCUT2D eigenvalue weighted by Crippen LogP contribution is -2.02. The summed E-state index contributed by atoms with van der Waals surface area (Å²) in [6.45, 7) is 7.23. The lowest BCUT2D eigenvalue weighted by Gasteiger charge is -2.06. The molecule has 0 aliphatic carbocycles. The van der Waals surface area contributed by atoms with Crippen molar-refractivity contribution in [2.45, 2.75) is 27.2 Å². The van der Waals surface area contributed by atoms with Crippen molar-refractivity contribution in [1.29, 1.82) is 0 Å². The van der Waals surface area contributed by atoms with E-state index < -0.39 is 0 Å². The second-order valence-corrected chi connectivity index (χ2v) is 4.74. The number of pyridine rings is 1. The van der Waals surface area contributed by atoms with E-state index in [0.717, 1.165) is 34.6 Å². The Morgan fingerprint density at radius 1 is 1.44 bits per heavy atom. The Morgan fingerprint density at radius 2 is 2.19 bits per heavy atom. The third-order valence-electron chi connectivity index (χ3n) is 2.62. The van der Waals surface area contributed by atoms with Crippen molar-refractivity contribution < 1.29 is 0 Å². The molecule has 2 aromatic heterocycles. The van der Waals surface area contributed by atoms with E-state index in [1.165, 1.54) is 5.56 Å². The normalized spacial score (nSPS) is 11.0. The maximum Gasteiger partial charge on any atom is 0.141 e. The molecule has 0 aromatic carbocycles. The summed E-state index contributed by atoms with van der Waals surface area (Å²) in [5.41, 5.74) is 3.35. The summed E-state index contributed by atoms with van der Waals surface area (Å²) < 4.78 is 3.21. The highest BCUT2D eigenvalue weighted by atomic mass is 79.9. The van der Waals surface area contributed by atoms with Crippen LogP contribution in [0.15, 0.2) is 16.7 Å². The molecule has 3 nitrogen and oxygen atoms in total. The van der Waals surface area contributed by atoms with Crippen molar-refractivity contribution in [1.82, 2.24) is 9.38 Å². The first-order valence-electron chi connectivity index (χ1n) is 5.58. The number of fused-ring (bicyclic) bond motifs is 1. The zero-order valence-corrected chi connectivity index (χ0v) is 11.4. The van der Waals surface area contributed by atoms with Crippen molar-refractivity contribution >= 4 is 27.4 Å². The highest BCUT2D eigenvalue weighted by Gasteiger charge is 2.11. The van der Waals surface area contributed by atoms with Crippen LogP contribution >= 0.6 is 15.9 Å². The van der Waals surface area contributed by atoms with Gasteiger partial charge in [0, 0.05) is 17.2 Å². The fourth-order valence-corrected chi connectivity index (χ4v) is 2.46. The molecule has 0 unspecified atom stereocenters. The molecule has 0 aliphatic heterocycles. The second kappa shape index (κ2) is 4.45. The van der Waals surface area contributed by atoms with Crippen LogP contribution in [-0.2, 0) is 6.42 Å². The zero-order chi connectivity index (χ0) is 11.7. The van der Waals surface area contributed by atoms with Crippen LogP contribution in [0, 0.1) is 6.92 Å². The number of imidazole rings is 1. The molecular formula is C12H16BrN3. The summed E-state index contributed by atoms with van der Waals surface area (Å²) in [5.74, 6) is 1.12. The number of rotatable bonds is 3. The lowest BCUT2D eigenvalue weighted by atomic mass is 10.3. The van der Waals surface area contributed by atoms with Gasteiger partial charge >= 0.3 is 0 Å². The van der Waals surface area contributed by atoms with Gasteiger partial charge in [0.05, 0.1) is 5.69 Å². The van der Waals surface area contributed by atoms with E-state index in [-0.39, 0.29) is 0 Å². The molecular weight excluding hydrogens is 266 g/mol. The van der Waals surface area contributed by atoms with E-state index in [9.17, 15) is 0 Å². The monoisotopic (exact) mass is 281 g/mol. The molecule has 2 heterocycles. The molecule has 0 bridgehead atoms. The SMILES string of the molecule is CCNc1c(CC)nc2c(C)cc(Br)cn12. The van der Waals surface area contributed by atoms with Crippen LogP contribution in [-0.4, -0.2) is 15.9 Å². The Kier molecular flexibility index (Phi) is 3.19. The summed E-state index contributed by atoms with van der Waals surface area (Å²) in [6.07, 6.45) is 3.01. The molecule has 0 radical (unpaired) electrons. The molecule has 0 aliphatic rings. The number of anilines is 1. The van der Waals surface area contributed by atoms with Gasteiger partial charge in [-0.25, -0.2) is 4.98 Å². The first-order chi connectivity index (χ1) is 7.67. The molecule has 2 rings (SSSR count). The third-order valence-corrected chi connectivity index (χ3v) is 3.06. The minimum absolute atomic E-state index is 0.909. The van der Waals surface area contributed by atoms with Gasteiger partial charge in [-0.3, -0.25) is 4.40 Å². The standard InChI is InChI=1S/C12H16BrN3/c1-4-10-12(14-5-2)16-7-9(13)6-8(3)11(16)15-10/h6-7,14H,4-5H2,1-3H3. The Balaban J connectivity index is 2.73.